The maximum absolute atomic E-state index is 12.8. The maximum Gasteiger partial charge on any atom is 0.340 e. The lowest BCUT2D eigenvalue weighted by Crippen LogP contribution is -2.42. The van der Waals surface area contributed by atoms with Crippen molar-refractivity contribution in [3.8, 4) is 0 Å². The van der Waals surface area contributed by atoms with Crippen molar-refractivity contribution in [1.82, 2.24) is 18.9 Å². The Labute approximate surface area is 293 Å². The van der Waals surface area contributed by atoms with Crippen LogP contribution in [0.3, 0.4) is 0 Å². The van der Waals surface area contributed by atoms with Crippen LogP contribution in [0.15, 0.2) is 46.5 Å². The highest BCUT2D eigenvalue weighted by Gasteiger charge is 2.45. The van der Waals surface area contributed by atoms with Gasteiger partial charge in [-0.2, -0.15) is 0 Å². The van der Waals surface area contributed by atoms with Gasteiger partial charge in [0.1, 0.15) is 24.9 Å². The standard InChI is InChI=1S/C18H24ClN3O11P2.2C6H15N/c1-21-14(20-31-8-11-3-2-4-12(19)7-11)5-6-22(18(21)25)17-16(24)15(23)13(33-17)9-32-35(29,30)10-34(26,27)28;2*1-4-7(5-2)6-3/h2-7,13,15-17,23-24H,8-10H2,1H3,(H,29,30)(H2,26,27,28);2*4-6H2,1-3H3/b20-14-;;/t13-,15-,16-,17-;;/m1../s1. The van der Waals surface area contributed by atoms with Gasteiger partial charge in [-0.3, -0.25) is 18.3 Å². The third-order valence-electron chi connectivity index (χ3n) is 7.61. The van der Waals surface area contributed by atoms with E-state index in [0.29, 0.717) is 5.02 Å². The van der Waals surface area contributed by atoms with Gasteiger partial charge in [-0.25, -0.2) is 4.79 Å². The van der Waals surface area contributed by atoms with Crippen LogP contribution in [0.5, 0.6) is 0 Å². The van der Waals surface area contributed by atoms with Crippen molar-refractivity contribution in [2.45, 2.75) is 72.7 Å². The summed E-state index contributed by atoms with van der Waals surface area (Å²) >= 11 is 5.92. The Morgan fingerprint density at radius 1 is 0.918 bits per heavy atom. The molecule has 0 bridgehead atoms. The lowest BCUT2D eigenvalue weighted by Gasteiger charge is -2.19. The quantitative estimate of drug-likeness (QED) is 0.131. The molecule has 19 heteroatoms. The molecule has 49 heavy (non-hydrogen) atoms. The molecule has 3 rings (SSSR count). The highest BCUT2D eigenvalue weighted by atomic mass is 35.5. The van der Waals surface area contributed by atoms with Crippen LogP contribution >= 0.6 is 26.8 Å². The summed E-state index contributed by atoms with van der Waals surface area (Å²) in [4.78, 5) is 50.1. The van der Waals surface area contributed by atoms with E-state index in [1.54, 1.807) is 24.3 Å². The Hall–Kier alpha value is -1.91. The summed E-state index contributed by atoms with van der Waals surface area (Å²) in [5.74, 6) is -1.42. The van der Waals surface area contributed by atoms with Gasteiger partial charge in [0, 0.05) is 24.3 Å². The average Bonchev–Trinajstić information content (AvgIpc) is 3.32. The van der Waals surface area contributed by atoms with Crippen LogP contribution in [0, 0.1) is 0 Å². The van der Waals surface area contributed by atoms with E-state index in [9.17, 15) is 29.0 Å². The molecule has 16 nitrogen and oxygen atoms in total. The molecule has 1 aliphatic heterocycles. The van der Waals surface area contributed by atoms with Crippen molar-refractivity contribution < 1.29 is 48.1 Å². The molecule has 1 aliphatic rings. The molecular weight excluding hydrogens is 704 g/mol. The van der Waals surface area contributed by atoms with Gasteiger partial charge < -0.3 is 48.8 Å². The number of aliphatic hydroxyl groups is 2. The fourth-order valence-corrected chi connectivity index (χ4v) is 7.36. The number of hydrogen-bond acceptors (Lipinski definition) is 11. The van der Waals surface area contributed by atoms with Gasteiger partial charge in [-0.05, 0) is 57.0 Å². The van der Waals surface area contributed by atoms with Crippen LogP contribution in [0.2, 0.25) is 5.02 Å². The highest BCUT2D eigenvalue weighted by Crippen LogP contribution is 2.55. The first-order valence-corrected chi connectivity index (χ1v) is 20.1. The molecule has 5 atom stereocenters. The average molecular weight is 758 g/mol. The number of aromatic nitrogens is 2. The molecule has 0 amide bonds. The molecule has 0 radical (unpaired) electrons. The zero-order valence-corrected chi connectivity index (χ0v) is 31.9. The molecule has 1 aromatic carbocycles. The topological polar surface area (TPSA) is 209 Å². The molecule has 1 fully saturated rings. The van der Waals surface area contributed by atoms with Crippen LogP contribution in [-0.2, 0) is 36.9 Å². The van der Waals surface area contributed by atoms with Gasteiger partial charge in [0.05, 0.1) is 6.61 Å². The van der Waals surface area contributed by atoms with Crippen molar-refractivity contribution in [2.75, 3.05) is 51.8 Å². The van der Waals surface area contributed by atoms with Crippen molar-refractivity contribution in [3.63, 3.8) is 0 Å². The van der Waals surface area contributed by atoms with Gasteiger partial charge in [0.25, 0.3) is 0 Å². The van der Waals surface area contributed by atoms with Crippen LogP contribution in [0.4, 0.5) is 0 Å². The van der Waals surface area contributed by atoms with E-state index < -0.39 is 57.9 Å². The molecule has 0 saturated carbocycles. The first-order valence-electron chi connectivity index (χ1n) is 16.1. The lowest BCUT2D eigenvalue weighted by atomic mass is 10.1. The fraction of sp³-hybridized carbons (Fsp3) is 0.667. The summed E-state index contributed by atoms with van der Waals surface area (Å²) in [5, 5.41) is 25.0. The maximum atomic E-state index is 12.8. The zero-order valence-electron chi connectivity index (χ0n) is 29.3. The minimum absolute atomic E-state index is 0.0959. The summed E-state index contributed by atoms with van der Waals surface area (Å²) in [5.41, 5.74) is 0.208. The first-order chi connectivity index (χ1) is 23.0. The number of ether oxygens (including phenoxy) is 1. The largest absolute Gasteiger partial charge is 0.389 e. The van der Waals surface area contributed by atoms with E-state index >= 15 is 0 Å². The van der Waals surface area contributed by atoms with Gasteiger partial charge in [0.15, 0.2) is 17.6 Å². The van der Waals surface area contributed by atoms with Gasteiger partial charge in [-0.15, -0.1) is 0 Å². The molecule has 1 unspecified atom stereocenters. The monoisotopic (exact) mass is 757 g/mol. The zero-order chi connectivity index (χ0) is 37.4. The Kier molecular flexibility index (Phi) is 20.4. The molecule has 1 aromatic heterocycles. The normalized spacial score (nSPS) is 20.8. The second-order valence-electron chi connectivity index (χ2n) is 10.9. The van der Waals surface area contributed by atoms with E-state index in [2.05, 4.69) is 61.0 Å². The second-order valence-corrected chi connectivity index (χ2v) is 15.4. The molecule has 2 heterocycles. The minimum Gasteiger partial charge on any atom is -0.389 e. The molecular formula is C30H54ClN5O11P2. The van der Waals surface area contributed by atoms with Crippen LogP contribution < -0.4 is 11.2 Å². The SMILES string of the molecule is CCN(CC)CC.CCN(CC)CC.Cn1c(=O)n([C@@H]2O[C@H](COP(=O)(O)CP(=O)(O)O)[C@@H](O)[C@H]2O)cc/c1=N/OCc1cccc(Cl)c1. The van der Waals surface area contributed by atoms with Crippen LogP contribution in [-0.4, -0.2) is 114 Å². The number of hydrogen-bond donors (Lipinski definition) is 5. The number of aliphatic hydroxyl groups excluding tert-OH is 2. The molecule has 5 N–H and O–H groups in total. The van der Waals surface area contributed by atoms with Gasteiger partial charge in [0.2, 0.25) is 0 Å². The van der Waals surface area contributed by atoms with Crippen LogP contribution in [0.25, 0.3) is 0 Å². The van der Waals surface area contributed by atoms with E-state index in [0.717, 1.165) is 14.7 Å². The predicted octanol–water partition coefficient (Wildman–Crippen LogP) is 2.53. The van der Waals surface area contributed by atoms with Gasteiger partial charge in [-0.1, -0.05) is 70.4 Å². The van der Waals surface area contributed by atoms with Crippen molar-refractivity contribution in [1.29, 1.82) is 0 Å². The Balaban J connectivity index is 0.000000717. The summed E-state index contributed by atoms with van der Waals surface area (Å²) < 4.78 is 34.9. The third-order valence-corrected chi connectivity index (χ3v) is 11.3. The van der Waals surface area contributed by atoms with Crippen LogP contribution in [0.1, 0.15) is 53.3 Å². The summed E-state index contributed by atoms with van der Waals surface area (Å²) in [6.45, 7) is 19.6. The predicted molar refractivity (Wildman–Crippen MR) is 187 cm³/mol. The van der Waals surface area contributed by atoms with E-state index in [4.69, 9.17) is 31.0 Å². The van der Waals surface area contributed by atoms with E-state index in [-0.39, 0.29) is 12.1 Å². The summed E-state index contributed by atoms with van der Waals surface area (Å²) in [6, 6.07) is 8.33. The summed E-state index contributed by atoms with van der Waals surface area (Å²) in [6.07, 6.45) is -4.76. The van der Waals surface area contributed by atoms with Crippen molar-refractivity contribution in [2.24, 2.45) is 12.2 Å². The smallest absolute Gasteiger partial charge is 0.340 e. The van der Waals surface area contributed by atoms with Crippen molar-refractivity contribution >= 4 is 26.8 Å². The fourth-order valence-electron chi connectivity index (χ4n) is 4.58. The Bertz CT molecular complexity index is 1460. The second kappa shape index (κ2) is 22.1. The lowest BCUT2D eigenvalue weighted by molar-refractivity contribution is -0.0530. The highest BCUT2D eigenvalue weighted by molar-refractivity contribution is 7.70. The van der Waals surface area contributed by atoms with E-state index in [1.807, 2.05) is 0 Å². The van der Waals surface area contributed by atoms with Gasteiger partial charge >= 0.3 is 20.9 Å². The number of rotatable bonds is 15. The minimum atomic E-state index is -4.84. The Morgan fingerprint density at radius 2 is 1.47 bits per heavy atom. The van der Waals surface area contributed by atoms with Crippen molar-refractivity contribution in [3.05, 3.63) is 63.1 Å². The molecule has 1 saturated heterocycles. The molecule has 0 aliphatic carbocycles. The Morgan fingerprint density at radius 3 is 1.94 bits per heavy atom. The summed E-state index contributed by atoms with van der Waals surface area (Å²) in [7, 11) is -8.16. The first kappa shape index (κ1) is 45.1. The molecule has 282 valence electrons. The number of benzene rings is 1. The number of nitrogens with zero attached hydrogens (tertiary/aromatic N) is 5. The third kappa shape index (κ3) is 15.9. The number of halogens is 1. The molecule has 2 aromatic rings. The molecule has 0 spiro atoms. The van der Waals surface area contributed by atoms with E-state index in [1.165, 1.54) is 58.6 Å².